The predicted molar refractivity (Wildman–Crippen MR) is 39.7 cm³/mol. The summed E-state index contributed by atoms with van der Waals surface area (Å²) in [5, 5.41) is 8.33. The Labute approximate surface area is 59.9 Å². The van der Waals surface area contributed by atoms with Crippen LogP contribution in [0, 0.1) is 0 Å². The number of aliphatic hydroxyl groups excluding tert-OH is 1. The lowest BCUT2D eigenvalue weighted by Crippen LogP contribution is -1.80. The number of aromatic nitrogens is 1. The number of pyridine rings is 1. The van der Waals surface area contributed by atoms with Crippen molar-refractivity contribution < 1.29 is 5.11 Å². The molecule has 1 aromatic rings. The monoisotopic (exact) mass is 135 g/mol. The second kappa shape index (κ2) is 3.67. The molecule has 52 valence electrons. The highest BCUT2D eigenvalue weighted by molar-refractivity contribution is 5.11. The van der Waals surface area contributed by atoms with Crippen molar-refractivity contribution in [1.82, 2.24) is 4.98 Å². The molecule has 1 N–H and O–H groups in total. The number of rotatable bonds is 2. The van der Waals surface area contributed by atoms with Gasteiger partial charge >= 0.3 is 0 Å². The molecule has 2 nitrogen and oxygen atoms in total. The average molecular weight is 135 g/mol. The summed E-state index contributed by atoms with van der Waals surface area (Å²) in [6.07, 6.45) is 6.97. The van der Waals surface area contributed by atoms with Gasteiger partial charge in [-0.05, 0) is 24.1 Å². The highest BCUT2D eigenvalue weighted by Crippen LogP contribution is 1.96. The fourth-order valence-electron chi connectivity index (χ4n) is 0.708. The normalized spacial score (nSPS) is 10.4. The van der Waals surface area contributed by atoms with Gasteiger partial charge in [0.1, 0.15) is 0 Å². The number of aliphatic hydroxyl groups is 1. The van der Waals surface area contributed by atoms with Gasteiger partial charge in [0.15, 0.2) is 0 Å². The van der Waals surface area contributed by atoms with E-state index >= 15 is 0 Å². The van der Waals surface area contributed by atoms with E-state index < -0.39 is 0 Å². The number of nitrogens with zero attached hydrogens (tertiary/aromatic N) is 1. The molecule has 0 fully saturated rings. The second-order valence-electron chi connectivity index (χ2n) is 1.95. The van der Waals surface area contributed by atoms with Crippen molar-refractivity contribution in [2.45, 2.75) is 6.42 Å². The van der Waals surface area contributed by atoms with Crippen molar-refractivity contribution in [3.8, 4) is 0 Å². The summed E-state index contributed by atoms with van der Waals surface area (Å²) in [5.74, 6) is 0. The summed E-state index contributed by atoms with van der Waals surface area (Å²) in [4.78, 5) is 3.92. The van der Waals surface area contributed by atoms with Gasteiger partial charge in [0, 0.05) is 12.4 Å². The molecule has 1 rings (SSSR count). The van der Waals surface area contributed by atoms with E-state index in [1.807, 2.05) is 12.1 Å². The zero-order valence-electron chi connectivity index (χ0n) is 5.57. The van der Waals surface area contributed by atoms with E-state index in [9.17, 15) is 0 Å². The fourth-order valence-corrected chi connectivity index (χ4v) is 0.708. The first-order valence-corrected chi connectivity index (χ1v) is 3.11. The van der Waals surface area contributed by atoms with Crippen LogP contribution in [0.4, 0.5) is 0 Å². The van der Waals surface area contributed by atoms with Crippen molar-refractivity contribution in [3.63, 3.8) is 0 Å². The summed E-state index contributed by atoms with van der Waals surface area (Å²) >= 11 is 0. The smallest absolute Gasteiger partial charge is 0.0755 e. The minimum absolute atomic E-state index is 0.740. The second-order valence-corrected chi connectivity index (χ2v) is 1.95. The largest absolute Gasteiger partial charge is 0.516 e. The van der Waals surface area contributed by atoms with Crippen LogP contribution in [0.15, 0.2) is 36.9 Å². The van der Waals surface area contributed by atoms with E-state index in [1.165, 1.54) is 0 Å². The molecule has 2 heteroatoms. The van der Waals surface area contributed by atoms with Crippen LogP contribution in [0.2, 0.25) is 0 Å². The summed E-state index contributed by atoms with van der Waals surface area (Å²) < 4.78 is 0. The molecule has 0 aliphatic rings. The Morgan fingerprint density at radius 1 is 1.60 bits per heavy atom. The standard InChI is InChI=1S/C8H9NO/c10-6-2-4-8-3-1-5-9-7-8/h1-3,5-7,10H,4H2/b6-2-. The van der Waals surface area contributed by atoms with Crippen LogP contribution >= 0.6 is 0 Å². The fraction of sp³-hybridized carbons (Fsp3) is 0.125. The first-order valence-electron chi connectivity index (χ1n) is 3.11. The lowest BCUT2D eigenvalue weighted by molar-refractivity contribution is 0.471. The topological polar surface area (TPSA) is 33.1 Å². The lowest BCUT2D eigenvalue weighted by atomic mass is 10.2. The molecule has 0 aliphatic heterocycles. The van der Waals surface area contributed by atoms with E-state index in [0.717, 1.165) is 18.2 Å². The third kappa shape index (κ3) is 1.90. The Morgan fingerprint density at radius 3 is 3.10 bits per heavy atom. The van der Waals surface area contributed by atoms with Crippen LogP contribution in [0.5, 0.6) is 0 Å². The van der Waals surface area contributed by atoms with Gasteiger partial charge in [0.05, 0.1) is 6.26 Å². The Morgan fingerprint density at radius 2 is 2.50 bits per heavy atom. The Hall–Kier alpha value is -1.31. The van der Waals surface area contributed by atoms with E-state index in [0.29, 0.717) is 0 Å². The van der Waals surface area contributed by atoms with Gasteiger partial charge in [0.25, 0.3) is 0 Å². The van der Waals surface area contributed by atoms with Gasteiger partial charge in [-0.3, -0.25) is 4.98 Å². The molecular formula is C8H9NO. The zero-order chi connectivity index (χ0) is 7.23. The molecule has 0 aromatic carbocycles. The van der Waals surface area contributed by atoms with E-state index in [1.54, 1.807) is 18.5 Å². The molecule has 10 heavy (non-hydrogen) atoms. The summed E-state index contributed by atoms with van der Waals surface area (Å²) in [5.41, 5.74) is 1.10. The molecular weight excluding hydrogens is 126 g/mol. The Balaban J connectivity index is 2.59. The number of hydrogen-bond donors (Lipinski definition) is 1. The van der Waals surface area contributed by atoms with Crippen molar-refractivity contribution in [3.05, 3.63) is 42.4 Å². The summed E-state index contributed by atoms with van der Waals surface area (Å²) in [6, 6.07) is 3.84. The Bertz CT molecular complexity index is 206. The van der Waals surface area contributed by atoms with Crippen LogP contribution in [-0.2, 0) is 6.42 Å². The summed E-state index contributed by atoms with van der Waals surface area (Å²) in [7, 11) is 0. The predicted octanol–water partition coefficient (Wildman–Crippen LogP) is 1.70. The van der Waals surface area contributed by atoms with E-state index in [2.05, 4.69) is 4.98 Å². The first-order chi connectivity index (χ1) is 4.93. The van der Waals surface area contributed by atoms with Crippen LogP contribution < -0.4 is 0 Å². The Kier molecular flexibility index (Phi) is 2.49. The van der Waals surface area contributed by atoms with Gasteiger partial charge in [0.2, 0.25) is 0 Å². The molecule has 0 saturated carbocycles. The number of allylic oxidation sites excluding steroid dienone is 1. The van der Waals surface area contributed by atoms with Gasteiger partial charge in [-0.25, -0.2) is 0 Å². The van der Waals surface area contributed by atoms with Gasteiger partial charge in [-0.15, -0.1) is 0 Å². The van der Waals surface area contributed by atoms with Crippen LogP contribution in [-0.4, -0.2) is 10.1 Å². The van der Waals surface area contributed by atoms with Crippen molar-refractivity contribution in [1.29, 1.82) is 0 Å². The molecule has 0 amide bonds. The molecule has 0 bridgehead atoms. The quantitative estimate of drug-likeness (QED) is 0.626. The molecule has 0 unspecified atom stereocenters. The average Bonchev–Trinajstić information content (AvgIpc) is 2.03. The molecule has 0 radical (unpaired) electrons. The van der Waals surface area contributed by atoms with Crippen molar-refractivity contribution in [2.75, 3.05) is 0 Å². The SMILES string of the molecule is O/C=C\Cc1cccnc1. The lowest BCUT2D eigenvalue weighted by Gasteiger charge is -1.90. The van der Waals surface area contributed by atoms with E-state index in [4.69, 9.17) is 5.11 Å². The van der Waals surface area contributed by atoms with Gasteiger partial charge in [-0.1, -0.05) is 6.07 Å². The third-order valence-electron chi connectivity index (χ3n) is 1.18. The van der Waals surface area contributed by atoms with Gasteiger partial charge in [-0.2, -0.15) is 0 Å². The van der Waals surface area contributed by atoms with Crippen molar-refractivity contribution >= 4 is 0 Å². The maximum Gasteiger partial charge on any atom is 0.0755 e. The van der Waals surface area contributed by atoms with Crippen LogP contribution in [0.25, 0.3) is 0 Å². The van der Waals surface area contributed by atoms with E-state index in [-0.39, 0.29) is 0 Å². The number of hydrogen-bond acceptors (Lipinski definition) is 2. The molecule has 0 spiro atoms. The zero-order valence-corrected chi connectivity index (χ0v) is 5.57. The van der Waals surface area contributed by atoms with Crippen LogP contribution in [0.1, 0.15) is 5.56 Å². The highest BCUT2D eigenvalue weighted by Gasteiger charge is 1.84. The van der Waals surface area contributed by atoms with Crippen LogP contribution in [0.3, 0.4) is 0 Å². The molecule has 0 atom stereocenters. The van der Waals surface area contributed by atoms with Crippen molar-refractivity contribution in [2.24, 2.45) is 0 Å². The highest BCUT2D eigenvalue weighted by atomic mass is 16.2. The minimum Gasteiger partial charge on any atom is -0.516 e. The third-order valence-corrected chi connectivity index (χ3v) is 1.18. The molecule has 0 aliphatic carbocycles. The molecule has 1 heterocycles. The van der Waals surface area contributed by atoms with Gasteiger partial charge < -0.3 is 5.11 Å². The minimum atomic E-state index is 0.740. The maximum atomic E-state index is 8.33. The maximum absolute atomic E-state index is 8.33. The summed E-state index contributed by atoms with van der Waals surface area (Å²) in [6.45, 7) is 0. The first kappa shape index (κ1) is 6.81. The molecule has 0 saturated heterocycles. The molecule has 1 aromatic heterocycles.